The summed E-state index contributed by atoms with van der Waals surface area (Å²) in [5, 5.41) is 3.12. The van der Waals surface area contributed by atoms with Crippen molar-refractivity contribution in [2.75, 3.05) is 18.7 Å². The monoisotopic (exact) mass is 410 g/mol. The number of aromatic nitrogens is 1. The second-order valence-corrected chi connectivity index (χ2v) is 7.19. The van der Waals surface area contributed by atoms with Crippen molar-refractivity contribution in [3.8, 4) is 22.8 Å². The number of carbonyl (C=O) groups is 2. The number of thiazole rings is 1. The van der Waals surface area contributed by atoms with Gasteiger partial charge in [0.05, 0.1) is 18.7 Å². The molecule has 1 aromatic heterocycles. The van der Waals surface area contributed by atoms with E-state index in [1.54, 1.807) is 19.1 Å². The summed E-state index contributed by atoms with van der Waals surface area (Å²) in [5.74, 6) is 0.592. The number of hydrogen-bond acceptors (Lipinski definition) is 7. The van der Waals surface area contributed by atoms with Crippen LogP contribution >= 0.6 is 11.3 Å². The molecule has 2 aromatic carbocycles. The molecule has 0 saturated heterocycles. The summed E-state index contributed by atoms with van der Waals surface area (Å²) in [5.41, 5.74) is 2.06. The third-order valence-electron chi connectivity index (χ3n) is 4.18. The maximum absolute atomic E-state index is 12.5. The first-order valence-electron chi connectivity index (χ1n) is 9.06. The minimum Gasteiger partial charge on any atom is -0.462 e. The molecular formula is C21H18N2O5S. The van der Waals surface area contributed by atoms with Crippen LogP contribution in [0.1, 0.15) is 22.2 Å². The van der Waals surface area contributed by atoms with Crippen LogP contribution in [0.15, 0.2) is 48.5 Å². The number of nitrogens with one attached hydrogen (secondary N) is 1. The smallest absolute Gasteiger partial charge is 0.350 e. The topological polar surface area (TPSA) is 86.8 Å². The quantitative estimate of drug-likeness (QED) is 0.621. The summed E-state index contributed by atoms with van der Waals surface area (Å²) in [4.78, 5) is 29.7. The van der Waals surface area contributed by atoms with Gasteiger partial charge in [-0.1, -0.05) is 47.7 Å². The van der Waals surface area contributed by atoms with Gasteiger partial charge in [-0.25, -0.2) is 9.78 Å². The third-order valence-corrected chi connectivity index (χ3v) is 5.13. The van der Waals surface area contributed by atoms with E-state index in [2.05, 4.69) is 10.3 Å². The van der Waals surface area contributed by atoms with E-state index in [1.807, 2.05) is 36.4 Å². The molecule has 0 unspecified atom stereocenters. The Hall–Kier alpha value is -3.39. The van der Waals surface area contributed by atoms with Crippen LogP contribution in [0.5, 0.6) is 11.5 Å². The Morgan fingerprint density at radius 1 is 1.14 bits per heavy atom. The van der Waals surface area contributed by atoms with Gasteiger partial charge in [-0.15, -0.1) is 0 Å². The van der Waals surface area contributed by atoms with Crippen molar-refractivity contribution >= 4 is 28.3 Å². The fraction of sp³-hybridized carbons (Fsp3) is 0.190. The number of amides is 1. The van der Waals surface area contributed by atoms with E-state index in [1.165, 1.54) is 0 Å². The minimum absolute atomic E-state index is 0.144. The van der Waals surface area contributed by atoms with Gasteiger partial charge < -0.3 is 19.5 Å². The van der Waals surface area contributed by atoms with Crippen LogP contribution in [0.25, 0.3) is 11.3 Å². The first-order chi connectivity index (χ1) is 14.1. The second-order valence-electron chi connectivity index (χ2n) is 6.20. The molecule has 0 bridgehead atoms. The van der Waals surface area contributed by atoms with Gasteiger partial charge in [0, 0.05) is 5.56 Å². The number of carbonyl (C=O) groups excluding carboxylic acids is 2. The van der Waals surface area contributed by atoms with Crippen molar-refractivity contribution in [1.29, 1.82) is 0 Å². The highest BCUT2D eigenvalue weighted by atomic mass is 32.1. The molecule has 0 saturated carbocycles. The van der Waals surface area contributed by atoms with E-state index in [0.717, 1.165) is 22.5 Å². The molecule has 0 atom stereocenters. The average molecular weight is 410 g/mol. The third kappa shape index (κ3) is 4.22. The lowest BCUT2D eigenvalue weighted by Gasteiger charge is -2.03. The summed E-state index contributed by atoms with van der Waals surface area (Å²) in [6.07, 6.45) is 0.144. The molecule has 1 amide bonds. The van der Waals surface area contributed by atoms with Gasteiger partial charge in [0.2, 0.25) is 12.7 Å². The molecule has 0 aliphatic carbocycles. The maximum atomic E-state index is 12.5. The average Bonchev–Trinajstić information content (AvgIpc) is 3.35. The largest absolute Gasteiger partial charge is 0.462 e. The number of rotatable bonds is 6. The standard InChI is InChI=1S/C21H18N2O5S/c1-2-26-20(25)19-18(14-6-4-3-5-7-14)23-21(29-19)22-17(24)11-13-8-9-15-16(10-13)28-12-27-15/h3-10H,2,11-12H2,1H3,(H,22,23,24). The summed E-state index contributed by atoms with van der Waals surface area (Å²) in [6, 6.07) is 14.7. The van der Waals surface area contributed by atoms with Crippen LogP contribution in [-0.4, -0.2) is 30.3 Å². The number of anilines is 1. The molecule has 0 spiro atoms. The van der Waals surface area contributed by atoms with Gasteiger partial charge >= 0.3 is 5.97 Å². The lowest BCUT2D eigenvalue weighted by atomic mass is 10.1. The number of hydrogen-bond donors (Lipinski definition) is 1. The number of fused-ring (bicyclic) bond motifs is 1. The van der Waals surface area contributed by atoms with Gasteiger partial charge in [0.15, 0.2) is 16.6 Å². The van der Waals surface area contributed by atoms with Crippen molar-refractivity contribution < 1.29 is 23.8 Å². The Morgan fingerprint density at radius 2 is 1.93 bits per heavy atom. The predicted octanol–water partition coefficient (Wildman–Crippen LogP) is 3.90. The second kappa shape index (κ2) is 8.32. The van der Waals surface area contributed by atoms with Crippen molar-refractivity contribution in [2.24, 2.45) is 0 Å². The first kappa shape index (κ1) is 18.9. The van der Waals surface area contributed by atoms with Crippen LogP contribution in [0.2, 0.25) is 0 Å². The maximum Gasteiger partial charge on any atom is 0.350 e. The van der Waals surface area contributed by atoms with Gasteiger partial charge in [-0.05, 0) is 24.6 Å². The zero-order valence-electron chi connectivity index (χ0n) is 15.6. The lowest BCUT2D eigenvalue weighted by molar-refractivity contribution is -0.115. The fourth-order valence-electron chi connectivity index (χ4n) is 2.90. The Morgan fingerprint density at radius 3 is 2.72 bits per heavy atom. The van der Waals surface area contributed by atoms with E-state index >= 15 is 0 Å². The normalized spacial score (nSPS) is 11.9. The zero-order valence-corrected chi connectivity index (χ0v) is 16.5. The minimum atomic E-state index is -0.458. The van der Waals surface area contributed by atoms with Crippen molar-refractivity contribution in [3.05, 3.63) is 59.0 Å². The van der Waals surface area contributed by atoms with E-state index < -0.39 is 5.97 Å². The molecular weight excluding hydrogens is 392 g/mol. The summed E-state index contributed by atoms with van der Waals surface area (Å²) in [6.45, 7) is 2.19. The molecule has 0 radical (unpaired) electrons. The highest BCUT2D eigenvalue weighted by Crippen LogP contribution is 2.34. The Bertz CT molecular complexity index is 1050. The van der Waals surface area contributed by atoms with Gasteiger partial charge in [-0.3, -0.25) is 4.79 Å². The van der Waals surface area contributed by atoms with Gasteiger partial charge in [0.1, 0.15) is 4.88 Å². The highest BCUT2D eigenvalue weighted by Gasteiger charge is 2.22. The number of ether oxygens (including phenoxy) is 3. The van der Waals surface area contributed by atoms with Crippen molar-refractivity contribution in [1.82, 2.24) is 4.98 Å². The predicted molar refractivity (Wildman–Crippen MR) is 108 cm³/mol. The van der Waals surface area contributed by atoms with Gasteiger partial charge in [-0.2, -0.15) is 0 Å². The molecule has 7 nitrogen and oxygen atoms in total. The molecule has 1 N–H and O–H groups in total. The number of nitrogens with zero attached hydrogens (tertiary/aromatic N) is 1. The Balaban J connectivity index is 1.53. The van der Waals surface area contributed by atoms with Crippen LogP contribution < -0.4 is 14.8 Å². The zero-order chi connectivity index (χ0) is 20.2. The van der Waals surface area contributed by atoms with Crippen LogP contribution in [-0.2, 0) is 16.0 Å². The van der Waals surface area contributed by atoms with Gasteiger partial charge in [0.25, 0.3) is 0 Å². The fourth-order valence-corrected chi connectivity index (χ4v) is 3.80. The first-order valence-corrected chi connectivity index (χ1v) is 9.87. The lowest BCUT2D eigenvalue weighted by Crippen LogP contribution is -2.14. The number of benzene rings is 2. The molecule has 148 valence electrons. The summed E-state index contributed by atoms with van der Waals surface area (Å²) in [7, 11) is 0. The molecule has 4 rings (SSSR count). The Kier molecular flexibility index (Phi) is 5.44. The molecule has 8 heteroatoms. The molecule has 1 aliphatic rings. The molecule has 29 heavy (non-hydrogen) atoms. The van der Waals surface area contributed by atoms with Crippen molar-refractivity contribution in [2.45, 2.75) is 13.3 Å². The molecule has 1 aliphatic heterocycles. The summed E-state index contributed by atoms with van der Waals surface area (Å²) < 4.78 is 15.8. The molecule has 3 aromatic rings. The molecule has 2 heterocycles. The van der Waals surface area contributed by atoms with E-state index in [9.17, 15) is 9.59 Å². The van der Waals surface area contributed by atoms with Crippen LogP contribution in [0.3, 0.4) is 0 Å². The van der Waals surface area contributed by atoms with Crippen LogP contribution in [0.4, 0.5) is 5.13 Å². The van der Waals surface area contributed by atoms with Crippen molar-refractivity contribution in [3.63, 3.8) is 0 Å². The highest BCUT2D eigenvalue weighted by molar-refractivity contribution is 7.18. The van der Waals surface area contributed by atoms with E-state index in [0.29, 0.717) is 27.2 Å². The molecule has 0 fully saturated rings. The van der Waals surface area contributed by atoms with E-state index in [-0.39, 0.29) is 25.7 Å². The van der Waals surface area contributed by atoms with Crippen LogP contribution in [0, 0.1) is 0 Å². The summed E-state index contributed by atoms with van der Waals surface area (Å²) >= 11 is 1.10. The SMILES string of the molecule is CCOC(=O)c1sc(NC(=O)Cc2ccc3c(c2)OCO3)nc1-c1ccccc1. The van der Waals surface area contributed by atoms with E-state index in [4.69, 9.17) is 14.2 Å². The number of esters is 1. The Labute approximate surface area is 171 Å².